The molecule has 2 aliphatic rings. The third-order valence-corrected chi connectivity index (χ3v) is 2.89. The van der Waals surface area contributed by atoms with E-state index in [0.29, 0.717) is 12.1 Å². The maximum absolute atomic E-state index is 5.70. The fourth-order valence-electron chi connectivity index (χ4n) is 2.18. The second-order valence-corrected chi connectivity index (χ2v) is 3.66. The van der Waals surface area contributed by atoms with E-state index in [9.17, 15) is 0 Å². The molecule has 0 saturated carbocycles. The van der Waals surface area contributed by atoms with Crippen molar-refractivity contribution in [1.29, 1.82) is 0 Å². The van der Waals surface area contributed by atoms with Gasteiger partial charge in [-0.2, -0.15) is 0 Å². The maximum atomic E-state index is 5.70. The minimum atomic E-state index is 0.244. The zero-order valence-corrected chi connectivity index (χ0v) is 8.25. The van der Waals surface area contributed by atoms with Gasteiger partial charge in [-0.05, 0) is 13.6 Å². The molecule has 4 atom stereocenters. The molecule has 0 aromatic heterocycles. The van der Waals surface area contributed by atoms with Gasteiger partial charge in [-0.1, -0.05) is 6.92 Å². The molecule has 4 nitrogen and oxygen atoms in total. The van der Waals surface area contributed by atoms with Gasteiger partial charge in [-0.3, -0.25) is 0 Å². The van der Waals surface area contributed by atoms with Crippen LogP contribution in [0.2, 0.25) is 0 Å². The van der Waals surface area contributed by atoms with E-state index in [1.165, 1.54) is 0 Å². The van der Waals surface area contributed by atoms with E-state index in [1.807, 2.05) is 7.05 Å². The van der Waals surface area contributed by atoms with Crippen LogP contribution in [-0.2, 0) is 9.47 Å². The average molecular weight is 186 g/mol. The van der Waals surface area contributed by atoms with Crippen molar-refractivity contribution in [2.75, 3.05) is 26.8 Å². The smallest absolute Gasteiger partial charge is 0.103 e. The van der Waals surface area contributed by atoms with Gasteiger partial charge in [-0.15, -0.1) is 0 Å². The third kappa shape index (κ3) is 1.59. The van der Waals surface area contributed by atoms with Crippen molar-refractivity contribution in [3.63, 3.8) is 0 Å². The van der Waals surface area contributed by atoms with Crippen molar-refractivity contribution >= 4 is 0 Å². The van der Waals surface area contributed by atoms with Crippen molar-refractivity contribution < 1.29 is 9.47 Å². The summed E-state index contributed by atoms with van der Waals surface area (Å²) in [6.07, 6.45) is 0.492. The van der Waals surface area contributed by atoms with Crippen molar-refractivity contribution in [3.05, 3.63) is 0 Å². The molecular formula is C9H18N2O2. The molecule has 0 amide bonds. The second kappa shape index (κ2) is 3.92. The molecule has 4 heteroatoms. The number of likely N-dealkylation sites (N-methyl/N-ethyl adjacent to an activating group) is 2. The third-order valence-electron chi connectivity index (χ3n) is 2.89. The SMILES string of the molecule is CCN[C@H]1CO[C@H]2[C@@H]1OC[C@@H]2NC. The lowest BCUT2D eigenvalue weighted by Gasteiger charge is -2.16. The monoisotopic (exact) mass is 186 g/mol. The van der Waals surface area contributed by atoms with E-state index >= 15 is 0 Å². The first kappa shape index (κ1) is 9.40. The Morgan fingerprint density at radius 2 is 1.77 bits per heavy atom. The summed E-state index contributed by atoms with van der Waals surface area (Å²) in [5.41, 5.74) is 0. The largest absolute Gasteiger partial charge is 0.372 e. The highest BCUT2D eigenvalue weighted by molar-refractivity contribution is 4.99. The van der Waals surface area contributed by atoms with Crippen LogP contribution >= 0.6 is 0 Å². The molecule has 0 radical (unpaired) electrons. The Labute approximate surface area is 79.0 Å². The molecule has 0 aromatic carbocycles. The quantitative estimate of drug-likeness (QED) is 0.614. The normalized spacial score (nSPS) is 43.8. The van der Waals surface area contributed by atoms with E-state index in [4.69, 9.17) is 9.47 Å². The van der Waals surface area contributed by atoms with Gasteiger partial charge in [0.15, 0.2) is 0 Å². The Bertz CT molecular complexity index is 177. The lowest BCUT2D eigenvalue weighted by molar-refractivity contribution is 0.0661. The van der Waals surface area contributed by atoms with Crippen LogP contribution in [-0.4, -0.2) is 51.1 Å². The number of fused-ring (bicyclic) bond motifs is 1. The lowest BCUT2D eigenvalue weighted by atomic mass is 10.1. The van der Waals surface area contributed by atoms with Gasteiger partial charge in [0.05, 0.1) is 25.3 Å². The summed E-state index contributed by atoms with van der Waals surface area (Å²) in [5.74, 6) is 0. The fraction of sp³-hybridized carbons (Fsp3) is 1.00. The summed E-state index contributed by atoms with van der Waals surface area (Å²) >= 11 is 0. The molecule has 0 bridgehead atoms. The van der Waals surface area contributed by atoms with Crippen LogP contribution in [0.3, 0.4) is 0 Å². The number of hydrogen-bond acceptors (Lipinski definition) is 4. The molecule has 0 spiro atoms. The first-order chi connectivity index (χ1) is 6.36. The van der Waals surface area contributed by atoms with Gasteiger partial charge >= 0.3 is 0 Å². The molecule has 0 aliphatic carbocycles. The summed E-state index contributed by atoms with van der Waals surface area (Å²) in [6.45, 7) is 4.64. The Morgan fingerprint density at radius 1 is 1.15 bits per heavy atom. The van der Waals surface area contributed by atoms with Gasteiger partial charge in [-0.25, -0.2) is 0 Å². The molecular weight excluding hydrogens is 168 g/mol. The molecule has 2 saturated heterocycles. The first-order valence-corrected chi connectivity index (χ1v) is 5.00. The predicted molar refractivity (Wildman–Crippen MR) is 49.8 cm³/mol. The number of nitrogens with one attached hydrogen (secondary N) is 2. The zero-order valence-electron chi connectivity index (χ0n) is 8.25. The van der Waals surface area contributed by atoms with E-state index in [-0.39, 0.29) is 12.2 Å². The highest BCUT2D eigenvalue weighted by atomic mass is 16.6. The minimum absolute atomic E-state index is 0.244. The molecule has 0 aromatic rings. The second-order valence-electron chi connectivity index (χ2n) is 3.66. The topological polar surface area (TPSA) is 42.5 Å². The Hall–Kier alpha value is -0.160. The average Bonchev–Trinajstić information content (AvgIpc) is 2.68. The van der Waals surface area contributed by atoms with Gasteiger partial charge in [0.1, 0.15) is 12.2 Å². The molecule has 2 fully saturated rings. The van der Waals surface area contributed by atoms with Crippen LogP contribution in [0.15, 0.2) is 0 Å². The number of rotatable bonds is 3. The molecule has 76 valence electrons. The highest BCUT2D eigenvalue weighted by Gasteiger charge is 2.46. The van der Waals surface area contributed by atoms with Crippen LogP contribution < -0.4 is 10.6 Å². The summed E-state index contributed by atoms with van der Waals surface area (Å²) in [5, 5.41) is 6.60. The van der Waals surface area contributed by atoms with Gasteiger partial charge in [0.2, 0.25) is 0 Å². The van der Waals surface area contributed by atoms with Crippen LogP contribution in [0.5, 0.6) is 0 Å². The van der Waals surface area contributed by atoms with E-state index in [0.717, 1.165) is 19.8 Å². The summed E-state index contributed by atoms with van der Waals surface area (Å²) in [6, 6.07) is 0.752. The van der Waals surface area contributed by atoms with Crippen LogP contribution in [0.25, 0.3) is 0 Å². The fourth-order valence-corrected chi connectivity index (χ4v) is 2.18. The molecule has 0 unspecified atom stereocenters. The van der Waals surface area contributed by atoms with Crippen molar-refractivity contribution in [2.24, 2.45) is 0 Å². The maximum Gasteiger partial charge on any atom is 0.103 e. The van der Waals surface area contributed by atoms with Crippen LogP contribution in [0, 0.1) is 0 Å². The zero-order chi connectivity index (χ0) is 9.26. The molecule has 2 N–H and O–H groups in total. The highest BCUT2D eigenvalue weighted by Crippen LogP contribution is 2.26. The molecule has 13 heavy (non-hydrogen) atoms. The Morgan fingerprint density at radius 3 is 2.38 bits per heavy atom. The minimum Gasteiger partial charge on any atom is -0.372 e. The number of ether oxygens (including phenoxy) is 2. The van der Waals surface area contributed by atoms with Crippen molar-refractivity contribution in [3.8, 4) is 0 Å². The summed E-state index contributed by atoms with van der Waals surface area (Å²) in [4.78, 5) is 0. The van der Waals surface area contributed by atoms with Crippen molar-refractivity contribution in [2.45, 2.75) is 31.2 Å². The first-order valence-electron chi connectivity index (χ1n) is 5.00. The van der Waals surface area contributed by atoms with E-state index < -0.39 is 0 Å². The van der Waals surface area contributed by atoms with Crippen LogP contribution in [0.4, 0.5) is 0 Å². The van der Waals surface area contributed by atoms with Crippen molar-refractivity contribution in [1.82, 2.24) is 10.6 Å². The van der Waals surface area contributed by atoms with E-state index in [1.54, 1.807) is 0 Å². The lowest BCUT2D eigenvalue weighted by Crippen LogP contribution is -2.42. The Kier molecular flexibility index (Phi) is 2.83. The Balaban J connectivity index is 1.95. The van der Waals surface area contributed by atoms with Crippen LogP contribution in [0.1, 0.15) is 6.92 Å². The van der Waals surface area contributed by atoms with Gasteiger partial charge in [0, 0.05) is 0 Å². The summed E-state index contributed by atoms with van der Waals surface area (Å²) < 4.78 is 11.4. The van der Waals surface area contributed by atoms with E-state index in [2.05, 4.69) is 17.6 Å². The standard InChI is InChI=1S/C9H18N2O2/c1-3-11-7-5-13-8-6(10-2)4-12-9(7)8/h6-11H,3-5H2,1-2H3/t6-,7-,8+,9+/m0/s1. The molecule has 2 aliphatic heterocycles. The molecule has 2 heterocycles. The molecule has 2 rings (SSSR count). The number of hydrogen-bond donors (Lipinski definition) is 2. The van der Waals surface area contributed by atoms with Gasteiger partial charge < -0.3 is 20.1 Å². The summed E-state index contributed by atoms with van der Waals surface area (Å²) in [7, 11) is 1.96. The predicted octanol–water partition coefficient (Wildman–Crippen LogP) is -0.650. The van der Waals surface area contributed by atoms with Gasteiger partial charge in [0.25, 0.3) is 0 Å².